The summed E-state index contributed by atoms with van der Waals surface area (Å²) in [6, 6.07) is 0.984. The Balaban J connectivity index is 1.63. The van der Waals surface area contributed by atoms with Gasteiger partial charge in [-0.25, -0.2) is 22.9 Å². The molecule has 0 bridgehead atoms. The topological polar surface area (TPSA) is 76.5 Å². The number of hydrogen-bond acceptors (Lipinski definition) is 5. The van der Waals surface area contributed by atoms with Gasteiger partial charge in [0.05, 0.1) is 30.4 Å². The number of alkyl halides is 3. The summed E-state index contributed by atoms with van der Waals surface area (Å²) in [5.41, 5.74) is -0.743. The molecule has 0 saturated carbocycles. The molecule has 210 valence electrons. The average molecular weight is 575 g/mol. The number of alkyl carbamates (subject to hydrolysis) is 1. The SMILES string of the molecule is CC(C)(C)OC(=O)N[C@H](CC(=O)N1CCn2c(C(F)(F)F)nc(-c3ccsc3)c2C1)c1cc(F)c(F)cc1F. The van der Waals surface area contributed by atoms with Crippen LogP contribution in [0.1, 0.15) is 50.3 Å². The molecule has 0 unspecified atom stereocenters. The average Bonchev–Trinajstić information content (AvgIpc) is 3.47. The highest BCUT2D eigenvalue weighted by Crippen LogP contribution is 2.37. The zero-order chi connectivity index (χ0) is 28.7. The number of nitrogens with one attached hydrogen (secondary N) is 1. The number of hydrogen-bond donors (Lipinski definition) is 1. The maximum Gasteiger partial charge on any atom is 0.449 e. The van der Waals surface area contributed by atoms with Crippen molar-refractivity contribution in [1.29, 1.82) is 0 Å². The lowest BCUT2D eigenvalue weighted by Crippen LogP contribution is -2.42. The van der Waals surface area contributed by atoms with Crippen molar-refractivity contribution in [3.63, 3.8) is 0 Å². The third kappa shape index (κ3) is 6.37. The van der Waals surface area contributed by atoms with Crippen molar-refractivity contribution in [2.24, 2.45) is 0 Å². The van der Waals surface area contributed by atoms with Crippen LogP contribution in [-0.4, -0.2) is 38.6 Å². The summed E-state index contributed by atoms with van der Waals surface area (Å²) in [4.78, 5) is 30.8. The molecular formula is C25H24F6N4O3S. The van der Waals surface area contributed by atoms with Crippen LogP contribution in [0.15, 0.2) is 29.0 Å². The normalized spacial score (nSPS) is 14.6. The predicted molar refractivity (Wildman–Crippen MR) is 129 cm³/mol. The number of rotatable bonds is 5. The number of thiophene rings is 1. The predicted octanol–water partition coefficient (Wildman–Crippen LogP) is 6.05. The molecule has 1 atom stereocenters. The fourth-order valence-electron chi connectivity index (χ4n) is 4.23. The fourth-order valence-corrected chi connectivity index (χ4v) is 4.87. The van der Waals surface area contributed by atoms with Crippen molar-refractivity contribution in [2.45, 2.75) is 58.1 Å². The molecule has 0 aliphatic carbocycles. The lowest BCUT2D eigenvalue weighted by molar-refractivity contribution is -0.148. The second kappa shape index (κ2) is 10.5. The van der Waals surface area contributed by atoms with Gasteiger partial charge in [0, 0.05) is 35.7 Å². The number of carbonyl (C=O) groups is 2. The van der Waals surface area contributed by atoms with E-state index in [1.165, 1.54) is 16.2 Å². The Bertz CT molecular complexity index is 1380. The molecule has 1 aromatic carbocycles. The Labute approximate surface area is 223 Å². The molecule has 2 aromatic heterocycles. The number of fused-ring (bicyclic) bond motifs is 1. The number of carbonyl (C=O) groups excluding carboxylic acids is 2. The molecule has 0 spiro atoms. The van der Waals surface area contributed by atoms with Gasteiger partial charge in [0.1, 0.15) is 11.4 Å². The maximum absolute atomic E-state index is 14.6. The first-order valence-electron chi connectivity index (χ1n) is 11.7. The van der Waals surface area contributed by atoms with Crippen LogP contribution in [-0.2, 0) is 28.8 Å². The number of benzene rings is 1. The van der Waals surface area contributed by atoms with Gasteiger partial charge < -0.3 is 19.5 Å². The Morgan fingerprint density at radius 3 is 2.41 bits per heavy atom. The van der Waals surface area contributed by atoms with E-state index in [0.717, 1.165) is 4.57 Å². The smallest absolute Gasteiger partial charge is 0.444 e. The van der Waals surface area contributed by atoms with Crippen LogP contribution in [0.4, 0.5) is 31.1 Å². The molecule has 14 heteroatoms. The van der Waals surface area contributed by atoms with Crippen LogP contribution < -0.4 is 5.32 Å². The van der Waals surface area contributed by atoms with Gasteiger partial charge in [0.2, 0.25) is 11.7 Å². The minimum Gasteiger partial charge on any atom is -0.444 e. The van der Waals surface area contributed by atoms with Crippen LogP contribution >= 0.6 is 11.3 Å². The zero-order valence-electron chi connectivity index (χ0n) is 21.0. The Morgan fingerprint density at radius 1 is 1.10 bits per heavy atom. The van der Waals surface area contributed by atoms with Gasteiger partial charge in [0.25, 0.3) is 0 Å². The van der Waals surface area contributed by atoms with Crippen molar-refractivity contribution >= 4 is 23.3 Å². The van der Waals surface area contributed by atoms with Crippen molar-refractivity contribution in [3.8, 4) is 11.3 Å². The van der Waals surface area contributed by atoms with E-state index < -0.39 is 65.1 Å². The molecule has 4 rings (SSSR count). The summed E-state index contributed by atoms with van der Waals surface area (Å²) in [5.74, 6) is -5.80. The summed E-state index contributed by atoms with van der Waals surface area (Å²) in [5, 5.41) is 5.64. The van der Waals surface area contributed by atoms with Crippen LogP contribution in [0.3, 0.4) is 0 Å². The van der Waals surface area contributed by atoms with Crippen LogP contribution in [0.25, 0.3) is 11.3 Å². The maximum atomic E-state index is 14.6. The minimum atomic E-state index is -4.72. The van der Waals surface area contributed by atoms with Gasteiger partial charge in [-0.15, -0.1) is 0 Å². The molecule has 0 radical (unpaired) electrons. The molecule has 1 aliphatic heterocycles. The number of imidazole rings is 1. The van der Waals surface area contributed by atoms with Crippen LogP contribution in [0.5, 0.6) is 0 Å². The van der Waals surface area contributed by atoms with E-state index in [1.807, 2.05) is 0 Å². The van der Waals surface area contributed by atoms with Crippen molar-refractivity contribution in [2.75, 3.05) is 6.54 Å². The molecule has 2 amide bonds. The molecule has 7 nitrogen and oxygen atoms in total. The first-order chi connectivity index (χ1) is 18.1. The largest absolute Gasteiger partial charge is 0.449 e. The molecule has 0 fully saturated rings. The molecule has 3 heterocycles. The van der Waals surface area contributed by atoms with Crippen LogP contribution in [0, 0.1) is 17.5 Å². The van der Waals surface area contributed by atoms with E-state index in [0.29, 0.717) is 17.7 Å². The number of halogens is 6. The number of aromatic nitrogens is 2. The molecular weight excluding hydrogens is 550 g/mol. The first-order valence-corrected chi connectivity index (χ1v) is 12.7. The Morgan fingerprint density at radius 2 is 1.79 bits per heavy atom. The lowest BCUT2D eigenvalue weighted by Gasteiger charge is -2.31. The summed E-state index contributed by atoms with van der Waals surface area (Å²) >= 11 is 1.27. The highest BCUT2D eigenvalue weighted by atomic mass is 32.1. The second-order valence-corrected chi connectivity index (χ2v) is 10.7. The molecule has 3 aromatic rings. The van der Waals surface area contributed by atoms with E-state index in [9.17, 15) is 35.9 Å². The third-order valence-corrected chi connectivity index (χ3v) is 6.58. The molecule has 1 N–H and O–H groups in total. The van der Waals surface area contributed by atoms with E-state index in [1.54, 1.807) is 37.6 Å². The number of ether oxygens (including phenoxy) is 1. The van der Waals surface area contributed by atoms with E-state index in [-0.39, 0.29) is 31.0 Å². The van der Waals surface area contributed by atoms with Gasteiger partial charge in [0.15, 0.2) is 11.6 Å². The second-order valence-electron chi connectivity index (χ2n) is 9.90. The summed E-state index contributed by atoms with van der Waals surface area (Å²) in [7, 11) is 0. The van der Waals surface area contributed by atoms with Gasteiger partial charge in [-0.1, -0.05) is 0 Å². The van der Waals surface area contributed by atoms with Crippen molar-refractivity contribution in [3.05, 3.63) is 63.5 Å². The van der Waals surface area contributed by atoms with Gasteiger partial charge in [-0.2, -0.15) is 24.5 Å². The van der Waals surface area contributed by atoms with Gasteiger partial charge in [-0.3, -0.25) is 4.79 Å². The standard InChI is InChI=1S/C25H24F6N4O3S/c1-24(2,3)38-23(37)32-18(14-8-16(27)17(28)9-15(14)26)10-20(36)34-5-6-35-19(11-34)21(13-4-7-39-12-13)33-22(35)25(29,30)31/h4,7-9,12,18H,5-6,10-11H2,1-3H3,(H,32,37)/t18-/m1/s1. The van der Waals surface area contributed by atoms with E-state index in [4.69, 9.17) is 4.74 Å². The Hall–Kier alpha value is -3.55. The van der Waals surface area contributed by atoms with E-state index >= 15 is 0 Å². The van der Waals surface area contributed by atoms with Gasteiger partial charge in [-0.05, 0) is 38.3 Å². The first kappa shape index (κ1) is 28.5. The monoisotopic (exact) mass is 574 g/mol. The molecule has 39 heavy (non-hydrogen) atoms. The minimum absolute atomic E-state index is 0.0798. The summed E-state index contributed by atoms with van der Waals surface area (Å²) < 4.78 is 89.4. The number of amides is 2. The zero-order valence-corrected chi connectivity index (χ0v) is 21.9. The number of nitrogens with zero attached hydrogens (tertiary/aromatic N) is 3. The van der Waals surface area contributed by atoms with Gasteiger partial charge >= 0.3 is 12.3 Å². The lowest BCUT2D eigenvalue weighted by atomic mass is 10.0. The summed E-state index contributed by atoms with van der Waals surface area (Å²) in [6.07, 6.45) is -6.35. The van der Waals surface area contributed by atoms with Crippen LogP contribution in [0.2, 0.25) is 0 Å². The molecule has 1 aliphatic rings. The Kier molecular flexibility index (Phi) is 7.70. The molecule has 0 saturated heterocycles. The quantitative estimate of drug-likeness (QED) is 0.298. The van der Waals surface area contributed by atoms with Crippen molar-refractivity contribution < 1.29 is 40.7 Å². The fraction of sp³-hybridized carbons (Fsp3) is 0.400. The summed E-state index contributed by atoms with van der Waals surface area (Å²) in [6.45, 7) is 4.13. The third-order valence-electron chi connectivity index (χ3n) is 5.89. The highest BCUT2D eigenvalue weighted by molar-refractivity contribution is 7.08. The van der Waals surface area contributed by atoms with E-state index in [2.05, 4.69) is 10.3 Å². The van der Waals surface area contributed by atoms with Crippen molar-refractivity contribution in [1.82, 2.24) is 19.8 Å². The highest BCUT2D eigenvalue weighted by Gasteiger charge is 2.41.